The third kappa shape index (κ3) is 8.93. The van der Waals surface area contributed by atoms with E-state index in [0.717, 1.165) is 27.8 Å². The van der Waals surface area contributed by atoms with Gasteiger partial charge in [-0.25, -0.2) is 4.79 Å². The molecule has 0 fully saturated rings. The van der Waals surface area contributed by atoms with Crippen molar-refractivity contribution in [1.29, 1.82) is 0 Å². The first-order valence-corrected chi connectivity index (χ1v) is 14.9. The van der Waals surface area contributed by atoms with Crippen LogP contribution in [-0.4, -0.2) is 60.6 Å². The largest absolute Gasteiger partial charge is 0.508 e. The van der Waals surface area contributed by atoms with Crippen molar-refractivity contribution in [2.75, 3.05) is 26.8 Å². The Labute approximate surface area is 263 Å². The fourth-order valence-electron chi connectivity index (χ4n) is 5.05. The number of nitrogens with zero attached hydrogens (tertiary/aromatic N) is 1. The van der Waals surface area contributed by atoms with E-state index in [1.165, 1.54) is 0 Å². The maximum absolute atomic E-state index is 14.0. The third-order valence-corrected chi connectivity index (χ3v) is 7.33. The molecule has 0 bridgehead atoms. The van der Waals surface area contributed by atoms with Crippen molar-refractivity contribution in [3.8, 4) is 22.6 Å². The molecule has 0 aromatic heterocycles. The molecule has 2 amide bonds. The summed E-state index contributed by atoms with van der Waals surface area (Å²) in [4.78, 5) is 41.9. The van der Waals surface area contributed by atoms with E-state index in [2.05, 4.69) is 5.32 Å². The lowest BCUT2D eigenvalue weighted by Crippen LogP contribution is -2.47. The van der Waals surface area contributed by atoms with Crippen LogP contribution in [0.2, 0.25) is 0 Å². The number of carbonyl (C=O) groups is 3. The van der Waals surface area contributed by atoms with Crippen LogP contribution in [0.5, 0.6) is 11.5 Å². The van der Waals surface area contributed by atoms with Gasteiger partial charge in [0.1, 0.15) is 17.5 Å². The first-order chi connectivity index (χ1) is 21.8. The average molecular weight is 610 g/mol. The Kier molecular flexibility index (Phi) is 11.7. The summed E-state index contributed by atoms with van der Waals surface area (Å²) in [6.07, 6.45) is 0.247. The summed E-state index contributed by atoms with van der Waals surface area (Å²) in [7, 11) is 1.58. The highest BCUT2D eigenvalue weighted by Crippen LogP contribution is 2.26. The van der Waals surface area contributed by atoms with Gasteiger partial charge in [0.15, 0.2) is 0 Å². The summed E-state index contributed by atoms with van der Waals surface area (Å²) < 4.78 is 10.7. The highest BCUT2D eigenvalue weighted by Gasteiger charge is 2.31. The summed E-state index contributed by atoms with van der Waals surface area (Å²) in [5.41, 5.74) is 9.91. The molecule has 1 atom stereocenters. The van der Waals surface area contributed by atoms with Crippen LogP contribution in [0.1, 0.15) is 34.0 Å². The zero-order valence-corrected chi connectivity index (χ0v) is 25.6. The number of phenolic OH excluding ortho intramolecular Hbond substituents is 1. The number of rotatable bonds is 14. The van der Waals surface area contributed by atoms with Gasteiger partial charge < -0.3 is 30.5 Å². The SMILES string of the molecule is CCOC(=O)[C@H](Cc1ccc(O)cc1)N(Cc1cccc(-c2ccccc2C(=O)NCCN)c1)C(=O)Cc1ccc(OC)cc1. The van der Waals surface area contributed by atoms with Crippen LogP contribution in [0.4, 0.5) is 0 Å². The molecule has 234 valence electrons. The van der Waals surface area contributed by atoms with Gasteiger partial charge in [0.05, 0.1) is 20.1 Å². The second kappa shape index (κ2) is 16.1. The molecule has 0 aliphatic heterocycles. The number of benzene rings is 4. The summed E-state index contributed by atoms with van der Waals surface area (Å²) in [5.74, 6) is -0.231. The van der Waals surface area contributed by atoms with E-state index < -0.39 is 12.0 Å². The Morgan fingerprint density at radius 3 is 2.29 bits per heavy atom. The van der Waals surface area contributed by atoms with Crippen molar-refractivity contribution in [2.45, 2.75) is 32.4 Å². The minimum atomic E-state index is -0.932. The Balaban J connectivity index is 1.71. The molecule has 0 heterocycles. The predicted molar refractivity (Wildman–Crippen MR) is 173 cm³/mol. The first-order valence-electron chi connectivity index (χ1n) is 14.9. The maximum atomic E-state index is 14.0. The summed E-state index contributed by atoms with van der Waals surface area (Å²) in [6, 6.07) is 27.7. The van der Waals surface area contributed by atoms with Crippen molar-refractivity contribution >= 4 is 17.8 Å². The van der Waals surface area contributed by atoms with Crippen molar-refractivity contribution < 1.29 is 29.0 Å². The minimum absolute atomic E-state index is 0.0549. The van der Waals surface area contributed by atoms with Crippen LogP contribution >= 0.6 is 0 Å². The molecular formula is C36H39N3O6. The van der Waals surface area contributed by atoms with Crippen LogP contribution in [-0.2, 0) is 33.7 Å². The molecular weight excluding hydrogens is 570 g/mol. The Morgan fingerprint density at radius 2 is 1.60 bits per heavy atom. The van der Waals surface area contributed by atoms with Gasteiger partial charge in [-0.15, -0.1) is 0 Å². The molecule has 4 rings (SSSR count). The second-order valence-electron chi connectivity index (χ2n) is 10.5. The van der Waals surface area contributed by atoms with Crippen LogP contribution in [0, 0.1) is 0 Å². The molecule has 4 aromatic carbocycles. The number of carbonyl (C=O) groups excluding carboxylic acids is 3. The standard InChI is InChI=1S/C36H39N3O6/c1-3-45-36(43)33(22-25-11-15-29(40)16-12-25)39(34(41)23-26-13-17-30(44-2)18-14-26)24-27-7-6-8-28(21-27)31-9-4-5-10-32(31)35(42)38-20-19-37/h4-18,21,33,40H,3,19-20,22-24,37H2,1-2H3,(H,38,42)/t33-/m0/s1. The average Bonchev–Trinajstić information content (AvgIpc) is 3.06. The minimum Gasteiger partial charge on any atom is -0.508 e. The number of nitrogens with one attached hydrogen (secondary N) is 1. The summed E-state index contributed by atoms with van der Waals surface area (Å²) >= 11 is 0. The van der Waals surface area contributed by atoms with Gasteiger partial charge in [0.25, 0.3) is 5.91 Å². The van der Waals surface area contributed by atoms with Crippen molar-refractivity contribution in [2.24, 2.45) is 5.73 Å². The molecule has 0 saturated heterocycles. The molecule has 0 unspecified atom stereocenters. The molecule has 0 aliphatic carbocycles. The van der Waals surface area contributed by atoms with Gasteiger partial charge in [-0.05, 0) is 71.1 Å². The van der Waals surface area contributed by atoms with Gasteiger partial charge >= 0.3 is 5.97 Å². The van der Waals surface area contributed by atoms with E-state index in [9.17, 15) is 19.5 Å². The monoisotopic (exact) mass is 609 g/mol. The van der Waals surface area contributed by atoms with E-state index in [1.807, 2.05) is 48.5 Å². The van der Waals surface area contributed by atoms with Crippen LogP contribution in [0.25, 0.3) is 11.1 Å². The topological polar surface area (TPSA) is 131 Å². The van der Waals surface area contributed by atoms with E-state index in [4.69, 9.17) is 15.2 Å². The van der Waals surface area contributed by atoms with Gasteiger partial charge in [-0.1, -0.05) is 60.7 Å². The second-order valence-corrected chi connectivity index (χ2v) is 10.5. The van der Waals surface area contributed by atoms with Crippen LogP contribution in [0.15, 0.2) is 97.1 Å². The van der Waals surface area contributed by atoms with Gasteiger partial charge in [0, 0.05) is 31.6 Å². The van der Waals surface area contributed by atoms with E-state index in [1.54, 1.807) is 67.5 Å². The molecule has 0 radical (unpaired) electrons. The molecule has 9 heteroatoms. The highest BCUT2D eigenvalue weighted by atomic mass is 16.5. The Hall–Kier alpha value is -5.15. The lowest BCUT2D eigenvalue weighted by Gasteiger charge is -2.31. The number of hydrogen-bond donors (Lipinski definition) is 3. The van der Waals surface area contributed by atoms with E-state index in [0.29, 0.717) is 24.4 Å². The molecule has 0 spiro atoms. The Morgan fingerprint density at radius 1 is 0.889 bits per heavy atom. The number of hydrogen-bond acceptors (Lipinski definition) is 7. The van der Waals surface area contributed by atoms with Gasteiger partial charge in [-0.3, -0.25) is 9.59 Å². The lowest BCUT2D eigenvalue weighted by molar-refractivity contribution is -0.155. The predicted octanol–water partition coefficient (Wildman–Crippen LogP) is 4.50. The smallest absolute Gasteiger partial charge is 0.329 e. The molecule has 45 heavy (non-hydrogen) atoms. The molecule has 9 nitrogen and oxygen atoms in total. The molecule has 0 saturated carbocycles. The quantitative estimate of drug-likeness (QED) is 0.179. The number of ether oxygens (including phenoxy) is 2. The summed E-state index contributed by atoms with van der Waals surface area (Å²) in [6.45, 7) is 2.68. The van der Waals surface area contributed by atoms with Gasteiger partial charge in [-0.2, -0.15) is 0 Å². The molecule has 0 aliphatic rings. The van der Waals surface area contributed by atoms with E-state index in [-0.39, 0.29) is 43.6 Å². The number of amides is 2. The maximum Gasteiger partial charge on any atom is 0.329 e. The number of methoxy groups -OCH3 is 1. The third-order valence-electron chi connectivity index (χ3n) is 7.33. The van der Waals surface area contributed by atoms with Gasteiger partial charge in [0.2, 0.25) is 5.91 Å². The zero-order valence-electron chi connectivity index (χ0n) is 25.6. The first kappa shape index (κ1) is 32.8. The molecule has 4 N–H and O–H groups in total. The number of nitrogens with two attached hydrogens (primary N) is 1. The molecule has 4 aromatic rings. The summed E-state index contributed by atoms with van der Waals surface area (Å²) in [5, 5.41) is 12.6. The van der Waals surface area contributed by atoms with Crippen molar-refractivity contribution in [1.82, 2.24) is 10.2 Å². The highest BCUT2D eigenvalue weighted by molar-refractivity contribution is 6.01. The van der Waals surface area contributed by atoms with Crippen LogP contribution in [0.3, 0.4) is 0 Å². The lowest BCUT2D eigenvalue weighted by atomic mass is 9.97. The normalized spacial score (nSPS) is 11.4. The van der Waals surface area contributed by atoms with E-state index >= 15 is 0 Å². The van der Waals surface area contributed by atoms with Crippen LogP contribution < -0.4 is 15.8 Å². The number of phenols is 1. The zero-order chi connectivity index (χ0) is 32.2. The van der Waals surface area contributed by atoms with Crippen molar-refractivity contribution in [3.05, 3.63) is 119 Å². The number of esters is 1. The van der Waals surface area contributed by atoms with Crippen molar-refractivity contribution in [3.63, 3.8) is 0 Å². The number of aromatic hydroxyl groups is 1. The fraction of sp³-hybridized carbons (Fsp3) is 0.250. The Bertz CT molecular complexity index is 1590. The fourth-order valence-corrected chi connectivity index (χ4v) is 5.05.